The lowest BCUT2D eigenvalue weighted by atomic mass is 9.74. The maximum Gasteiger partial charge on any atom is 0.226 e. The maximum absolute atomic E-state index is 12.6. The van der Waals surface area contributed by atoms with Gasteiger partial charge in [-0.1, -0.05) is 34.1 Å². The Labute approximate surface area is 116 Å². The smallest absolute Gasteiger partial charge is 0.226 e. The molecule has 0 bridgehead atoms. The minimum atomic E-state index is 0.296. The Balaban J connectivity index is 1.65. The standard InChI is InChI=1S/C16H27NO2/c1-5-10-6-17(7-13(10)16(2,3)4)15(18)14-11-8-19-9-12(11)14/h10-14H,5-9H2,1-4H3. The molecule has 0 aromatic heterocycles. The Hall–Kier alpha value is -0.570. The highest BCUT2D eigenvalue weighted by atomic mass is 16.5. The van der Waals surface area contributed by atoms with E-state index in [2.05, 4.69) is 32.6 Å². The van der Waals surface area contributed by atoms with Gasteiger partial charge in [-0.25, -0.2) is 0 Å². The first-order chi connectivity index (χ1) is 8.93. The molecule has 3 rings (SSSR count). The van der Waals surface area contributed by atoms with Crippen LogP contribution in [0.3, 0.4) is 0 Å². The van der Waals surface area contributed by atoms with E-state index in [1.54, 1.807) is 0 Å². The van der Waals surface area contributed by atoms with Gasteiger partial charge in [-0.3, -0.25) is 4.79 Å². The van der Waals surface area contributed by atoms with Crippen LogP contribution in [0.25, 0.3) is 0 Å². The van der Waals surface area contributed by atoms with E-state index in [1.165, 1.54) is 6.42 Å². The average molecular weight is 265 g/mol. The first kappa shape index (κ1) is 13.4. The van der Waals surface area contributed by atoms with E-state index in [-0.39, 0.29) is 0 Å². The molecule has 2 heterocycles. The Morgan fingerprint density at radius 2 is 1.84 bits per heavy atom. The van der Waals surface area contributed by atoms with Gasteiger partial charge in [0.15, 0.2) is 0 Å². The minimum absolute atomic E-state index is 0.296. The number of ether oxygens (including phenoxy) is 1. The second-order valence-corrected chi connectivity index (χ2v) is 7.78. The number of hydrogen-bond acceptors (Lipinski definition) is 2. The number of hydrogen-bond donors (Lipinski definition) is 0. The number of carbonyl (C=O) groups is 1. The van der Waals surface area contributed by atoms with Crippen molar-refractivity contribution in [3.8, 4) is 0 Å². The van der Waals surface area contributed by atoms with E-state index in [4.69, 9.17) is 4.74 Å². The number of amides is 1. The third kappa shape index (κ3) is 2.20. The number of carbonyl (C=O) groups excluding carboxylic acids is 1. The molecule has 19 heavy (non-hydrogen) atoms. The molecule has 3 heteroatoms. The van der Waals surface area contributed by atoms with Gasteiger partial charge in [-0.15, -0.1) is 0 Å². The number of likely N-dealkylation sites (tertiary alicyclic amines) is 1. The zero-order valence-electron chi connectivity index (χ0n) is 12.7. The molecule has 0 aromatic carbocycles. The van der Waals surface area contributed by atoms with E-state index in [0.717, 1.165) is 26.3 Å². The Kier molecular flexibility index (Phi) is 3.16. The van der Waals surface area contributed by atoms with E-state index < -0.39 is 0 Å². The van der Waals surface area contributed by atoms with Crippen LogP contribution in [0, 0.1) is 35.0 Å². The van der Waals surface area contributed by atoms with Crippen LogP contribution in [0.1, 0.15) is 34.1 Å². The second-order valence-electron chi connectivity index (χ2n) is 7.78. The van der Waals surface area contributed by atoms with Crippen LogP contribution in [0.2, 0.25) is 0 Å². The number of rotatable bonds is 2. The lowest BCUT2D eigenvalue weighted by Crippen LogP contribution is -2.33. The molecule has 4 unspecified atom stereocenters. The van der Waals surface area contributed by atoms with Crippen LogP contribution < -0.4 is 0 Å². The molecule has 0 N–H and O–H groups in total. The molecule has 1 amide bonds. The molecule has 3 fully saturated rings. The highest BCUT2D eigenvalue weighted by Crippen LogP contribution is 2.52. The van der Waals surface area contributed by atoms with Crippen molar-refractivity contribution in [3.05, 3.63) is 0 Å². The van der Waals surface area contributed by atoms with Gasteiger partial charge in [0.25, 0.3) is 0 Å². The van der Waals surface area contributed by atoms with Crippen molar-refractivity contribution in [2.45, 2.75) is 34.1 Å². The lowest BCUT2D eigenvalue weighted by molar-refractivity contribution is -0.133. The molecule has 0 aromatic rings. The fourth-order valence-corrected chi connectivity index (χ4v) is 4.26. The van der Waals surface area contributed by atoms with Crippen LogP contribution >= 0.6 is 0 Å². The molecule has 2 aliphatic heterocycles. The van der Waals surface area contributed by atoms with Crippen molar-refractivity contribution < 1.29 is 9.53 Å². The van der Waals surface area contributed by atoms with Crippen LogP contribution in [0.4, 0.5) is 0 Å². The fraction of sp³-hybridized carbons (Fsp3) is 0.938. The van der Waals surface area contributed by atoms with Crippen LogP contribution in [-0.4, -0.2) is 37.1 Å². The zero-order valence-corrected chi connectivity index (χ0v) is 12.7. The molecule has 3 aliphatic rings. The average Bonchev–Trinajstić information content (AvgIpc) is 2.77. The van der Waals surface area contributed by atoms with E-state index in [9.17, 15) is 4.79 Å². The largest absolute Gasteiger partial charge is 0.381 e. The van der Waals surface area contributed by atoms with Gasteiger partial charge in [-0.2, -0.15) is 0 Å². The monoisotopic (exact) mass is 265 g/mol. The molecule has 1 saturated carbocycles. The third-order valence-electron chi connectivity index (χ3n) is 5.63. The van der Waals surface area contributed by atoms with Crippen LogP contribution in [0.5, 0.6) is 0 Å². The first-order valence-corrected chi connectivity index (χ1v) is 7.80. The van der Waals surface area contributed by atoms with Crippen molar-refractivity contribution in [2.24, 2.45) is 35.0 Å². The third-order valence-corrected chi connectivity index (χ3v) is 5.63. The van der Waals surface area contributed by atoms with Crippen molar-refractivity contribution in [2.75, 3.05) is 26.3 Å². The normalized spacial score (nSPS) is 41.5. The van der Waals surface area contributed by atoms with Crippen molar-refractivity contribution in [1.82, 2.24) is 4.90 Å². The summed E-state index contributed by atoms with van der Waals surface area (Å²) in [5.74, 6) is 3.13. The van der Waals surface area contributed by atoms with Gasteiger partial charge in [0.05, 0.1) is 13.2 Å². The molecule has 2 saturated heterocycles. The Morgan fingerprint density at radius 3 is 2.32 bits per heavy atom. The molecule has 4 atom stereocenters. The first-order valence-electron chi connectivity index (χ1n) is 7.80. The summed E-state index contributed by atoms with van der Waals surface area (Å²) in [5, 5.41) is 0. The summed E-state index contributed by atoms with van der Waals surface area (Å²) in [6.45, 7) is 12.8. The molecule has 1 aliphatic carbocycles. The molecular weight excluding hydrogens is 238 g/mol. The van der Waals surface area contributed by atoms with E-state index in [0.29, 0.717) is 40.9 Å². The molecule has 0 radical (unpaired) electrons. The zero-order chi connectivity index (χ0) is 13.8. The van der Waals surface area contributed by atoms with Gasteiger partial charge in [0.2, 0.25) is 5.91 Å². The van der Waals surface area contributed by atoms with Crippen LogP contribution in [-0.2, 0) is 9.53 Å². The summed E-state index contributed by atoms with van der Waals surface area (Å²) in [7, 11) is 0. The quantitative estimate of drug-likeness (QED) is 0.767. The summed E-state index contributed by atoms with van der Waals surface area (Å²) in [6, 6.07) is 0. The second kappa shape index (κ2) is 4.47. The number of nitrogens with zero attached hydrogens (tertiary/aromatic N) is 1. The lowest BCUT2D eigenvalue weighted by Gasteiger charge is -2.30. The highest BCUT2D eigenvalue weighted by Gasteiger charge is 2.59. The van der Waals surface area contributed by atoms with E-state index >= 15 is 0 Å². The fourth-order valence-electron chi connectivity index (χ4n) is 4.26. The molecule has 0 spiro atoms. The van der Waals surface area contributed by atoms with Gasteiger partial charge >= 0.3 is 0 Å². The van der Waals surface area contributed by atoms with Crippen molar-refractivity contribution in [3.63, 3.8) is 0 Å². The SMILES string of the molecule is CCC1CN(C(=O)C2C3COCC32)CC1C(C)(C)C. The Bertz CT molecular complexity index is 363. The minimum Gasteiger partial charge on any atom is -0.381 e. The van der Waals surface area contributed by atoms with Crippen molar-refractivity contribution >= 4 is 5.91 Å². The highest BCUT2D eigenvalue weighted by molar-refractivity contribution is 5.83. The van der Waals surface area contributed by atoms with E-state index in [1.807, 2.05) is 0 Å². The van der Waals surface area contributed by atoms with Gasteiger partial charge < -0.3 is 9.64 Å². The van der Waals surface area contributed by atoms with Gasteiger partial charge in [0.1, 0.15) is 0 Å². The van der Waals surface area contributed by atoms with Gasteiger partial charge in [0, 0.05) is 19.0 Å². The summed E-state index contributed by atoms with van der Waals surface area (Å²) in [5.41, 5.74) is 0.304. The predicted octanol–water partition coefficient (Wildman–Crippen LogP) is 2.41. The summed E-state index contributed by atoms with van der Waals surface area (Å²) < 4.78 is 5.40. The Morgan fingerprint density at radius 1 is 1.21 bits per heavy atom. The topological polar surface area (TPSA) is 29.5 Å². The van der Waals surface area contributed by atoms with Crippen LogP contribution in [0.15, 0.2) is 0 Å². The van der Waals surface area contributed by atoms with Crippen molar-refractivity contribution in [1.29, 1.82) is 0 Å². The molecule has 108 valence electrons. The molecular formula is C16H27NO2. The summed E-state index contributed by atoms with van der Waals surface area (Å²) >= 11 is 0. The molecule has 3 nitrogen and oxygen atoms in total. The predicted molar refractivity (Wildman–Crippen MR) is 74.6 cm³/mol. The summed E-state index contributed by atoms with van der Waals surface area (Å²) in [4.78, 5) is 14.8. The summed E-state index contributed by atoms with van der Waals surface area (Å²) in [6.07, 6.45) is 1.19. The van der Waals surface area contributed by atoms with Gasteiger partial charge in [-0.05, 0) is 29.1 Å². The number of fused-ring (bicyclic) bond motifs is 1. The maximum atomic E-state index is 12.6.